The Labute approximate surface area is 484 Å². The van der Waals surface area contributed by atoms with E-state index in [4.69, 9.17) is 0 Å². The maximum absolute atomic E-state index is 4.12. The predicted molar refractivity (Wildman–Crippen MR) is 346 cm³/mol. The lowest BCUT2D eigenvalue weighted by molar-refractivity contribution is 0.425. The predicted octanol–water partition coefficient (Wildman–Crippen LogP) is 20.9. The number of anilines is 9. The number of nitrogens with zero attached hydrogens (tertiary/aromatic N) is 3. The third-order valence-electron chi connectivity index (χ3n) is 16.9. The van der Waals surface area contributed by atoms with E-state index in [1.165, 1.54) is 44.5 Å². The molecule has 0 spiro atoms. The van der Waals surface area contributed by atoms with Crippen LogP contribution in [-0.2, 0) is 16.4 Å². The number of allylic oxidation sites excluding steroid dienone is 1. The van der Waals surface area contributed by atoms with Crippen LogP contribution in [0.4, 0.5) is 51.2 Å². The molecule has 2 aliphatic rings. The van der Waals surface area contributed by atoms with E-state index in [0.717, 1.165) is 69.7 Å². The Bertz CT molecular complexity index is 3920. The summed E-state index contributed by atoms with van der Waals surface area (Å²) in [6, 6.07) is 108. The van der Waals surface area contributed by atoms with Crippen molar-refractivity contribution in [3.05, 3.63) is 343 Å². The fourth-order valence-electron chi connectivity index (χ4n) is 12.8. The van der Waals surface area contributed by atoms with Crippen molar-refractivity contribution in [2.75, 3.05) is 20.0 Å². The highest BCUT2D eigenvalue weighted by Gasteiger charge is 2.46. The molecule has 0 aromatic heterocycles. The molecule has 0 radical (unpaired) electrons. The maximum atomic E-state index is 4.12. The SMILES string of the molecule is CC1(C)CC(C)(c2ccc(NC3(c4ccc(-c5ccccc5)cc4)C=CC(N(c4ccccc4)c4ccccc4)=CC3)cc2)c2cc(N(c3ccc(-c4ccccc4)cc3)c3ccc(N(c4ccccc4)c4ccccc4)cc3)ccc21. The average Bonchev–Trinajstić information content (AvgIpc) is 2.52. The van der Waals surface area contributed by atoms with Gasteiger partial charge in [0.25, 0.3) is 0 Å². The van der Waals surface area contributed by atoms with Crippen molar-refractivity contribution < 1.29 is 0 Å². The van der Waals surface area contributed by atoms with Gasteiger partial charge in [-0.25, -0.2) is 0 Å². The Morgan fingerprint density at radius 2 is 0.695 bits per heavy atom. The first-order valence-electron chi connectivity index (χ1n) is 28.7. The number of fused-ring (bicyclic) bond motifs is 1. The summed E-state index contributed by atoms with van der Waals surface area (Å²) < 4.78 is 0. The number of para-hydroxylation sites is 4. The summed E-state index contributed by atoms with van der Waals surface area (Å²) in [4.78, 5) is 7.10. The van der Waals surface area contributed by atoms with Gasteiger partial charge in [-0.2, -0.15) is 0 Å². The highest BCUT2D eigenvalue weighted by atomic mass is 15.2. The second kappa shape index (κ2) is 22.0. The first-order chi connectivity index (χ1) is 40.2. The molecule has 0 fully saturated rings. The minimum atomic E-state index is -0.512. The summed E-state index contributed by atoms with van der Waals surface area (Å²) in [7, 11) is 0. The summed E-state index contributed by atoms with van der Waals surface area (Å²) in [6.07, 6.45) is 8.79. The van der Waals surface area contributed by atoms with Crippen molar-refractivity contribution >= 4 is 51.2 Å². The van der Waals surface area contributed by atoms with Gasteiger partial charge >= 0.3 is 0 Å². The molecule has 2 atom stereocenters. The molecule has 4 nitrogen and oxygen atoms in total. The van der Waals surface area contributed by atoms with Gasteiger partial charge in [0, 0.05) is 62.3 Å². The van der Waals surface area contributed by atoms with Gasteiger partial charge < -0.3 is 20.0 Å². The summed E-state index contributed by atoms with van der Waals surface area (Å²) in [5.74, 6) is 0. The molecular weight excluding hydrogens is 993 g/mol. The van der Waals surface area contributed by atoms with Gasteiger partial charge in [-0.15, -0.1) is 0 Å². The Hall–Kier alpha value is -9.90. The zero-order chi connectivity index (χ0) is 55.5. The first-order valence-corrected chi connectivity index (χ1v) is 28.7. The quantitative estimate of drug-likeness (QED) is 0.110. The zero-order valence-electron chi connectivity index (χ0n) is 46.8. The second-order valence-electron chi connectivity index (χ2n) is 22.7. The number of benzene rings is 11. The molecule has 398 valence electrons. The lowest BCUT2D eigenvalue weighted by Crippen LogP contribution is -2.35. The maximum Gasteiger partial charge on any atom is 0.0848 e. The van der Waals surface area contributed by atoms with Crippen molar-refractivity contribution in [2.45, 2.75) is 50.0 Å². The lowest BCUT2D eigenvalue weighted by Gasteiger charge is -2.37. The van der Waals surface area contributed by atoms with Crippen LogP contribution in [0, 0.1) is 0 Å². The summed E-state index contributed by atoms with van der Waals surface area (Å²) in [5, 5.41) is 4.12. The van der Waals surface area contributed by atoms with Crippen LogP contribution in [-0.4, -0.2) is 0 Å². The van der Waals surface area contributed by atoms with E-state index in [-0.39, 0.29) is 10.8 Å². The molecule has 0 bridgehead atoms. The zero-order valence-corrected chi connectivity index (χ0v) is 46.8. The number of nitrogens with one attached hydrogen (secondary N) is 1. The third kappa shape index (κ3) is 10.1. The van der Waals surface area contributed by atoms with Crippen LogP contribution in [0.2, 0.25) is 0 Å². The van der Waals surface area contributed by atoms with Crippen LogP contribution in [0.3, 0.4) is 0 Å². The van der Waals surface area contributed by atoms with Crippen LogP contribution in [0.1, 0.15) is 55.9 Å². The average molecular weight is 1060 g/mol. The van der Waals surface area contributed by atoms with E-state index in [2.05, 4.69) is 356 Å². The highest BCUT2D eigenvalue weighted by molar-refractivity contribution is 5.83. The minimum absolute atomic E-state index is 0.0536. The summed E-state index contributed by atoms with van der Waals surface area (Å²) >= 11 is 0. The van der Waals surface area contributed by atoms with Gasteiger partial charge in [0.05, 0.1) is 5.54 Å². The molecular formula is C78H66N4. The van der Waals surface area contributed by atoms with E-state index in [1.807, 2.05) is 0 Å². The molecule has 13 rings (SSSR count). The van der Waals surface area contributed by atoms with Crippen molar-refractivity contribution in [1.82, 2.24) is 0 Å². The standard InChI is InChI=1S/C78H66N4/c1-76(2)57-77(3,62-40-42-64(43-41-62)79-78(63-38-34-60(35-39-63)58-22-10-4-11-23-58)54-52-72(53-55-78)81(67-30-18-8-19-31-67)68-32-20-9-21-33-68)75-56-73(50-51-74(75)76)82(69-44-36-61(37-45-69)59-24-12-5-13-25-59)71-48-46-70(47-49-71)80(65-26-14-6-15-27-65)66-28-16-7-17-29-66/h4-54,56,79H,55,57H2,1-3H3. The minimum Gasteiger partial charge on any atom is -0.372 e. The van der Waals surface area contributed by atoms with Crippen LogP contribution in [0.15, 0.2) is 321 Å². The van der Waals surface area contributed by atoms with Crippen LogP contribution >= 0.6 is 0 Å². The van der Waals surface area contributed by atoms with Crippen LogP contribution in [0.25, 0.3) is 22.3 Å². The molecule has 0 amide bonds. The topological polar surface area (TPSA) is 21.8 Å². The summed E-state index contributed by atoms with van der Waals surface area (Å²) in [6.45, 7) is 7.29. The van der Waals surface area contributed by atoms with Crippen molar-refractivity contribution in [2.24, 2.45) is 0 Å². The van der Waals surface area contributed by atoms with E-state index >= 15 is 0 Å². The first kappa shape index (κ1) is 51.5. The van der Waals surface area contributed by atoms with E-state index < -0.39 is 5.54 Å². The van der Waals surface area contributed by atoms with Gasteiger partial charge in [0.15, 0.2) is 0 Å². The molecule has 82 heavy (non-hydrogen) atoms. The van der Waals surface area contributed by atoms with Gasteiger partial charge in [-0.3, -0.25) is 0 Å². The number of hydrogen-bond donors (Lipinski definition) is 1. The fraction of sp³-hybridized carbons (Fsp3) is 0.103. The Morgan fingerprint density at radius 3 is 1.15 bits per heavy atom. The molecule has 4 heteroatoms. The van der Waals surface area contributed by atoms with Crippen LogP contribution in [0.5, 0.6) is 0 Å². The number of rotatable bonds is 15. The lowest BCUT2D eigenvalue weighted by atomic mass is 9.75. The van der Waals surface area contributed by atoms with Gasteiger partial charge in [0.2, 0.25) is 0 Å². The molecule has 2 unspecified atom stereocenters. The molecule has 0 saturated carbocycles. The van der Waals surface area contributed by atoms with Gasteiger partial charge in [0.1, 0.15) is 0 Å². The Morgan fingerprint density at radius 1 is 0.329 bits per heavy atom. The van der Waals surface area contributed by atoms with Crippen molar-refractivity contribution in [1.29, 1.82) is 0 Å². The largest absolute Gasteiger partial charge is 0.372 e. The van der Waals surface area contributed by atoms with Gasteiger partial charge in [-0.05, 0) is 178 Å². The molecule has 11 aromatic rings. The monoisotopic (exact) mass is 1060 g/mol. The molecule has 2 aliphatic carbocycles. The highest BCUT2D eigenvalue weighted by Crippen LogP contribution is 2.55. The van der Waals surface area contributed by atoms with E-state index in [1.54, 1.807) is 0 Å². The molecule has 0 saturated heterocycles. The fourth-order valence-corrected chi connectivity index (χ4v) is 12.8. The Kier molecular flexibility index (Phi) is 13.8. The normalized spacial score (nSPS) is 16.8. The molecule has 1 N–H and O–H groups in total. The third-order valence-corrected chi connectivity index (χ3v) is 16.9. The van der Waals surface area contributed by atoms with E-state index in [9.17, 15) is 0 Å². The van der Waals surface area contributed by atoms with Crippen LogP contribution < -0.4 is 20.0 Å². The second-order valence-corrected chi connectivity index (χ2v) is 22.7. The molecule has 0 heterocycles. The van der Waals surface area contributed by atoms with E-state index in [0.29, 0.717) is 0 Å². The van der Waals surface area contributed by atoms with Crippen molar-refractivity contribution in [3.8, 4) is 22.3 Å². The molecule has 0 aliphatic heterocycles. The Balaban J connectivity index is 0.851. The van der Waals surface area contributed by atoms with Gasteiger partial charge in [-0.1, -0.05) is 221 Å². The number of hydrogen-bond acceptors (Lipinski definition) is 4. The summed E-state index contributed by atoms with van der Waals surface area (Å²) in [5.41, 5.74) is 20.3. The smallest absolute Gasteiger partial charge is 0.0848 e. The molecule has 11 aromatic carbocycles. The van der Waals surface area contributed by atoms with Crippen molar-refractivity contribution in [3.63, 3.8) is 0 Å².